The molecule has 0 fully saturated rings. The Morgan fingerprint density at radius 3 is 2.42 bits per heavy atom. The van der Waals surface area contributed by atoms with Gasteiger partial charge in [-0.15, -0.1) is 0 Å². The second kappa shape index (κ2) is 8.93. The Morgan fingerprint density at radius 2 is 1.75 bits per heavy atom. The lowest BCUT2D eigenvalue weighted by Gasteiger charge is -2.16. The molecule has 0 aliphatic rings. The van der Waals surface area contributed by atoms with E-state index >= 15 is 0 Å². The monoisotopic (exact) mass is 328 g/mol. The predicted octanol–water partition coefficient (Wildman–Crippen LogP) is 2.82. The summed E-state index contributed by atoms with van der Waals surface area (Å²) in [6.07, 6.45) is 0.882. The first-order chi connectivity index (χ1) is 11.6. The van der Waals surface area contributed by atoms with Crippen LogP contribution in [0.5, 0.6) is 11.5 Å². The molecule has 0 saturated carbocycles. The van der Waals surface area contributed by atoms with E-state index in [1.54, 1.807) is 20.3 Å². The number of benzene rings is 2. The number of nitrogens with one attached hydrogen (secondary N) is 1. The molecule has 1 amide bonds. The van der Waals surface area contributed by atoms with E-state index in [0.717, 1.165) is 30.2 Å². The molecule has 0 aromatic heterocycles. The highest BCUT2D eigenvalue weighted by molar-refractivity contribution is 5.92. The van der Waals surface area contributed by atoms with Crippen LogP contribution in [0.25, 0.3) is 0 Å². The number of carbonyl (C=O) groups is 1. The van der Waals surface area contributed by atoms with Crippen molar-refractivity contribution in [2.24, 2.45) is 0 Å². The van der Waals surface area contributed by atoms with Gasteiger partial charge in [-0.2, -0.15) is 0 Å². The van der Waals surface area contributed by atoms with E-state index in [-0.39, 0.29) is 5.91 Å². The molecule has 2 aromatic carbocycles. The van der Waals surface area contributed by atoms with Gasteiger partial charge in [-0.1, -0.05) is 18.2 Å². The molecule has 0 heterocycles. The van der Waals surface area contributed by atoms with Gasteiger partial charge in [0.2, 0.25) is 5.91 Å². The summed E-state index contributed by atoms with van der Waals surface area (Å²) in [5.74, 6) is 1.53. The lowest BCUT2D eigenvalue weighted by Crippen LogP contribution is -2.31. The molecular weight excluding hydrogens is 304 g/mol. The molecule has 2 rings (SSSR count). The van der Waals surface area contributed by atoms with Crippen LogP contribution >= 0.6 is 0 Å². The summed E-state index contributed by atoms with van der Waals surface area (Å²) in [5, 5.41) is 2.88. The van der Waals surface area contributed by atoms with Crippen LogP contribution in [-0.4, -0.2) is 45.2 Å². The van der Waals surface area contributed by atoms with Gasteiger partial charge in [0, 0.05) is 18.3 Å². The molecule has 0 unspecified atom stereocenters. The fraction of sp³-hybridized carbons (Fsp3) is 0.316. The van der Waals surface area contributed by atoms with E-state index in [9.17, 15) is 4.79 Å². The number of carbonyl (C=O) groups excluding carboxylic acids is 1. The second-order valence-electron chi connectivity index (χ2n) is 5.62. The Labute approximate surface area is 143 Å². The third-order valence-electron chi connectivity index (χ3n) is 3.71. The number of amides is 1. The van der Waals surface area contributed by atoms with Crippen LogP contribution in [0, 0.1) is 0 Å². The van der Waals surface area contributed by atoms with Crippen LogP contribution in [0.15, 0.2) is 48.5 Å². The Bertz CT molecular complexity index is 656. The Morgan fingerprint density at radius 1 is 1.04 bits per heavy atom. The third kappa shape index (κ3) is 5.59. The fourth-order valence-corrected chi connectivity index (χ4v) is 2.34. The van der Waals surface area contributed by atoms with Crippen molar-refractivity contribution in [1.82, 2.24) is 4.90 Å². The Hall–Kier alpha value is -2.53. The maximum atomic E-state index is 12.1. The van der Waals surface area contributed by atoms with Crippen molar-refractivity contribution < 1.29 is 14.3 Å². The van der Waals surface area contributed by atoms with Gasteiger partial charge in [0.15, 0.2) is 0 Å². The third-order valence-corrected chi connectivity index (χ3v) is 3.71. The topological polar surface area (TPSA) is 50.8 Å². The maximum Gasteiger partial charge on any atom is 0.238 e. The zero-order chi connectivity index (χ0) is 17.4. The van der Waals surface area contributed by atoms with E-state index in [4.69, 9.17) is 9.47 Å². The molecule has 0 aliphatic carbocycles. The van der Waals surface area contributed by atoms with Crippen LogP contribution in [0.3, 0.4) is 0 Å². The standard InChI is InChI=1S/C19H24N2O3/c1-21(12-11-15-7-9-17(23-2)10-8-15)14-19(22)20-16-5-4-6-18(13-16)24-3/h4-10,13H,11-12,14H2,1-3H3,(H,20,22). The SMILES string of the molecule is COc1ccc(CCN(C)CC(=O)Nc2cccc(OC)c2)cc1. The minimum absolute atomic E-state index is 0.0412. The van der Waals surface area contributed by atoms with Crippen molar-refractivity contribution in [3.63, 3.8) is 0 Å². The molecule has 5 heteroatoms. The summed E-state index contributed by atoms with van der Waals surface area (Å²) in [7, 11) is 5.20. The van der Waals surface area contributed by atoms with E-state index < -0.39 is 0 Å². The molecule has 24 heavy (non-hydrogen) atoms. The van der Waals surface area contributed by atoms with Crippen LogP contribution in [-0.2, 0) is 11.2 Å². The van der Waals surface area contributed by atoms with Gasteiger partial charge in [0.05, 0.1) is 20.8 Å². The van der Waals surface area contributed by atoms with Crippen molar-refractivity contribution in [3.05, 3.63) is 54.1 Å². The number of methoxy groups -OCH3 is 2. The Balaban J connectivity index is 1.78. The van der Waals surface area contributed by atoms with Crippen LogP contribution in [0.2, 0.25) is 0 Å². The largest absolute Gasteiger partial charge is 0.497 e. The highest BCUT2D eigenvalue weighted by Crippen LogP contribution is 2.16. The van der Waals surface area contributed by atoms with Gasteiger partial charge in [-0.3, -0.25) is 9.69 Å². The van der Waals surface area contributed by atoms with E-state index in [2.05, 4.69) is 5.32 Å². The van der Waals surface area contributed by atoms with Gasteiger partial charge in [0.1, 0.15) is 11.5 Å². The summed E-state index contributed by atoms with van der Waals surface area (Å²) in [6, 6.07) is 15.3. The zero-order valence-corrected chi connectivity index (χ0v) is 14.4. The van der Waals surface area contributed by atoms with Crippen molar-refractivity contribution in [3.8, 4) is 11.5 Å². The average molecular weight is 328 g/mol. The second-order valence-corrected chi connectivity index (χ2v) is 5.62. The first kappa shape index (κ1) is 17.8. The number of hydrogen-bond donors (Lipinski definition) is 1. The number of rotatable bonds is 8. The van der Waals surface area contributed by atoms with Crippen molar-refractivity contribution in [2.75, 3.05) is 39.7 Å². The molecule has 0 radical (unpaired) electrons. The molecule has 5 nitrogen and oxygen atoms in total. The normalized spacial score (nSPS) is 10.5. The van der Waals surface area contributed by atoms with E-state index in [1.807, 2.05) is 54.4 Å². The molecule has 2 aromatic rings. The van der Waals surface area contributed by atoms with Crippen LogP contribution in [0.4, 0.5) is 5.69 Å². The summed E-state index contributed by atoms with van der Waals surface area (Å²) >= 11 is 0. The molecule has 1 N–H and O–H groups in total. The molecule has 0 saturated heterocycles. The first-order valence-corrected chi connectivity index (χ1v) is 7.86. The summed E-state index contributed by atoms with van der Waals surface area (Å²) < 4.78 is 10.3. The first-order valence-electron chi connectivity index (χ1n) is 7.86. The van der Waals surface area contributed by atoms with Gasteiger partial charge < -0.3 is 14.8 Å². The van der Waals surface area contributed by atoms with Crippen molar-refractivity contribution in [1.29, 1.82) is 0 Å². The van der Waals surface area contributed by atoms with Crippen molar-refractivity contribution in [2.45, 2.75) is 6.42 Å². The van der Waals surface area contributed by atoms with Gasteiger partial charge in [-0.05, 0) is 43.3 Å². The number of nitrogens with zero attached hydrogens (tertiary/aromatic N) is 1. The minimum atomic E-state index is -0.0412. The van der Waals surface area contributed by atoms with E-state index in [0.29, 0.717) is 6.54 Å². The Kier molecular flexibility index (Phi) is 6.63. The highest BCUT2D eigenvalue weighted by Gasteiger charge is 2.08. The quantitative estimate of drug-likeness (QED) is 0.809. The summed E-state index contributed by atoms with van der Waals surface area (Å²) in [6.45, 7) is 1.14. The molecule has 0 aliphatic heterocycles. The molecule has 0 spiro atoms. The van der Waals surface area contributed by atoms with Crippen LogP contribution in [0.1, 0.15) is 5.56 Å². The summed E-state index contributed by atoms with van der Waals surface area (Å²) in [5.41, 5.74) is 1.96. The number of ether oxygens (including phenoxy) is 2. The number of likely N-dealkylation sites (N-methyl/N-ethyl adjacent to an activating group) is 1. The predicted molar refractivity (Wildman–Crippen MR) is 95.8 cm³/mol. The van der Waals surface area contributed by atoms with Gasteiger partial charge in [0.25, 0.3) is 0 Å². The maximum absolute atomic E-state index is 12.1. The molecule has 0 atom stereocenters. The lowest BCUT2D eigenvalue weighted by atomic mass is 10.1. The summed E-state index contributed by atoms with van der Waals surface area (Å²) in [4.78, 5) is 14.1. The molecular formula is C19H24N2O3. The fourth-order valence-electron chi connectivity index (χ4n) is 2.34. The number of anilines is 1. The smallest absolute Gasteiger partial charge is 0.238 e. The lowest BCUT2D eigenvalue weighted by molar-refractivity contribution is -0.117. The van der Waals surface area contributed by atoms with Crippen molar-refractivity contribution >= 4 is 11.6 Å². The van der Waals surface area contributed by atoms with E-state index in [1.165, 1.54) is 5.56 Å². The minimum Gasteiger partial charge on any atom is -0.497 e. The zero-order valence-electron chi connectivity index (χ0n) is 14.4. The van der Waals surface area contributed by atoms with Gasteiger partial charge in [-0.25, -0.2) is 0 Å². The average Bonchev–Trinajstić information content (AvgIpc) is 2.60. The molecule has 128 valence electrons. The highest BCUT2D eigenvalue weighted by atomic mass is 16.5. The van der Waals surface area contributed by atoms with Gasteiger partial charge >= 0.3 is 0 Å². The van der Waals surface area contributed by atoms with Crippen LogP contribution < -0.4 is 14.8 Å². The number of hydrogen-bond acceptors (Lipinski definition) is 4. The molecule has 0 bridgehead atoms.